The highest BCUT2D eigenvalue weighted by molar-refractivity contribution is 5.34. The number of alkyl halides is 1. The molecule has 0 saturated carbocycles. The maximum atomic E-state index is 12.6. The fraction of sp³-hybridized carbons (Fsp3) is 0.133. The topological polar surface area (TPSA) is 33.0 Å². The summed E-state index contributed by atoms with van der Waals surface area (Å²) in [5.41, 5.74) is 0.452. The van der Waals surface area contributed by atoms with Crippen molar-refractivity contribution < 1.29 is 22.6 Å². The molecule has 0 saturated heterocycles. The molecule has 110 valence electrons. The predicted octanol–water partition coefficient (Wildman–Crippen LogP) is 4.56. The molecule has 2 nitrogen and oxygen atoms in total. The van der Waals surface area contributed by atoms with Crippen molar-refractivity contribution in [3.63, 3.8) is 0 Å². The molecule has 0 bridgehead atoms. The molecule has 0 radical (unpaired) electrons. The van der Waals surface area contributed by atoms with Gasteiger partial charge in [0, 0.05) is 4.53 Å². The number of rotatable bonds is 2. The molecule has 0 heterocycles. The van der Waals surface area contributed by atoms with Gasteiger partial charge in [0.15, 0.2) is 5.75 Å². The highest BCUT2D eigenvalue weighted by atomic mass is 19.3. The number of halogens is 4. The van der Waals surface area contributed by atoms with Crippen molar-refractivity contribution in [2.24, 2.45) is 0 Å². The van der Waals surface area contributed by atoms with Gasteiger partial charge in [0.1, 0.15) is 18.3 Å². The van der Waals surface area contributed by atoms with Crippen LogP contribution < -0.4 is 4.94 Å². The van der Waals surface area contributed by atoms with E-state index in [0.29, 0.717) is 11.1 Å². The van der Waals surface area contributed by atoms with Gasteiger partial charge < -0.3 is 0 Å². The molecule has 0 aliphatic carbocycles. The van der Waals surface area contributed by atoms with Crippen molar-refractivity contribution in [2.45, 2.75) is 13.6 Å². The van der Waals surface area contributed by atoms with E-state index in [1.165, 1.54) is 24.3 Å². The zero-order valence-electron chi connectivity index (χ0n) is 11.0. The minimum Gasteiger partial charge on any atom is -0.294 e. The first kappa shape index (κ1) is 16.5. The molecule has 2 aromatic carbocycles. The van der Waals surface area contributed by atoms with Crippen molar-refractivity contribution in [3.05, 3.63) is 64.7 Å². The normalized spacial score (nSPS) is 9.33. The van der Waals surface area contributed by atoms with E-state index in [1.807, 2.05) is 6.07 Å². The van der Waals surface area contributed by atoms with E-state index in [0.717, 1.165) is 12.1 Å². The summed E-state index contributed by atoms with van der Waals surface area (Å²) < 4.78 is 48.5. The predicted molar refractivity (Wildman–Crippen MR) is 68.8 cm³/mol. The van der Waals surface area contributed by atoms with Crippen LogP contribution in [0.25, 0.3) is 0 Å². The van der Waals surface area contributed by atoms with Crippen LogP contribution in [0.3, 0.4) is 0 Å². The summed E-state index contributed by atoms with van der Waals surface area (Å²) in [5, 5.41) is 8.32. The van der Waals surface area contributed by atoms with Crippen LogP contribution in [-0.2, 0) is 6.67 Å². The molecule has 21 heavy (non-hydrogen) atoms. The third-order valence-electron chi connectivity index (χ3n) is 2.49. The van der Waals surface area contributed by atoms with Crippen LogP contribution >= 0.6 is 0 Å². The second kappa shape index (κ2) is 7.90. The van der Waals surface area contributed by atoms with Crippen molar-refractivity contribution in [1.82, 2.24) is 0 Å². The fourth-order valence-electron chi connectivity index (χ4n) is 1.44. The van der Waals surface area contributed by atoms with Crippen LogP contribution in [0.4, 0.5) is 17.7 Å². The van der Waals surface area contributed by atoms with Gasteiger partial charge in [0.2, 0.25) is 0 Å². The van der Waals surface area contributed by atoms with Gasteiger partial charge in [-0.25, -0.2) is 13.2 Å². The number of hydrogen-bond donors (Lipinski definition) is 0. The van der Waals surface area contributed by atoms with Crippen LogP contribution in [0.15, 0.2) is 36.4 Å². The molecular formula is C15H11F4NO. The summed E-state index contributed by atoms with van der Waals surface area (Å²) >= 11 is 0. The Bertz CT molecular complexity index is 612. The van der Waals surface area contributed by atoms with Gasteiger partial charge in [-0.3, -0.25) is 4.94 Å². The third-order valence-corrected chi connectivity index (χ3v) is 2.49. The zero-order valence-corrected chi connectivity index (χ0v) is 11.0. The van der Waals surface area contributed by atoms with E-state index in [-0.39, 0.29) is 5.75 Å². The summed E-state index contributed by atoms with van der Waals surface area (Å²) in [5.74, 6) is -1.52. The minimum atomic E-state index is -1.10. The minimum absolute atomic E-state index is 0.110. The molecule has 0 aliphatic rings. The van der Waals surface area contributed by atoms with Crippen molar-refractivity contribution in [2.75, 3.05) is 0 Å². The summed E-state index contributed by atoms with van der Waals surface area (Å²) in [4.78, 5) is 3.40. The van der Waals surface area contributed by atoms with Crippen LogP contribution in [-0.4, -0.2) is 0 Å². The molecule has 0 unspecified atom stereocenters. The lowest BCUT2D eigenvalue weighted by Gasteiger charge is -2.00. The molecular weight excluding hydrogens is 286 g/mol. The van der Waals surface area contributed by atoms with E-state index in [9.17, 15) is 17.7 Å². The number of aryl methyl sites for hydroxylation is 1. The van der Waals surface area contributed by atoms with Gasteiger partial charge in [0.25, 0.3) is 0 Å². The first-order valence-electron chi connectivity index (χ1n) is 5.81. The maximum absolute atomic E-state index is 12.6. The first-order valence-corrected chi connectivity index (χ1v) is 5.81. The number of benzene rings is 2. The molecule has 6 heteroatoms. The Morgan fingerprint density at radius 3 is 2.00 bits per heavy atom. The molecule has 0 fully saturated rings. The van der Waals surface area contributed by atoms with E-state index in [4.69, 9.17) is 5.26 Å². The number of nitrogens with zero attached hydrogens (tertiary/aromatic N) is 1. The van der Waals surface area contributed by atoms with E-state index in [2.05, 4.69) is 4.94 Å². The van der Waals surface area contributed by atoms with Gasteiger partial charge in [-0.2, -0.15) is 5.26 Å². The van der Waals surface area contributed by atoms with Crippen molar-refractivity contribution >= 4 is 0 Å². The van der Waals surface area contributed by atoms with E-state index in [1.54, 1.807) is 6.92 Å². The summed E-state index contributed by atoms with van der Waals surface area (Å²) in [6, 6.07) is 9.86. The van der Waals surface area contributed by atoms with Gasteiger partial charge in [0.05, 0.1) is 17.2 Å². The molecule has 0 N–H and O–H groups in total. The van der Waals surface area contributed by atoms with Gasteiger partial charge in [-0.15, -0.1) is 0 Å². The summed E-state index contributed by atoms with van der Waals surface area (Å²) in [6.07, 6.45) is 0. The van der Waals surface area contributed by atoms with E-state index >= 15 is 0 Å². The van der Waals surface area contributed by atoms with Crippen LogP contribution in [0.1, 0.15) is 16.7 Å². The Morgan fingerprint density at radius 1 is 1.10 bits per heavy atom. The summed E-state index contributed by atoms with van der Waals surface area (Å²) in [7, 11) is 0. The second-order valence-electron chi connectivity index (χ2n) is 4.05. The SMILES string of the molecule is Cc1cc(F)c(CF)c(F)c1.N#Cc1ccc(OF)cc1. The average Bonchev–Trinajstić information content (AvgIpc) is 2.47. The lowest BCUT2D eigenvalue weighted by molar-refractivity contribution is -0.00620. The number of nitriles is 1. The molecule has 0 amide bonds. The Balaban J connectivity index is 0.000000211. The van der Waals surface area contributed by atoms with E-state index < -0.39 is 23.9 Å². The fourth-order valence-corrected chi connectivity index (χ4v) is 1.44. The number of hydrogen-bond acceptors (Lipinski definition) is 2. The van der Waals surface area contributed by atoms with Crippen LogP contribution in [0, 0.1) is 29.9 Å². The van der Waals surface area contributed by atoms with Crippen LogP contribution in [0.5, 0.6) is 5.75 Å². The summed E-state index contributed by atoms with van der Waals surface area (Å²) in [6.45, 7) is 0.451. The smallest absolute Gasteiger partial charge is 0.171 e. The quantitative estimate of drug-likeness (QED) is 0.761. The van der Waals surface area contributed by atoms with Crippen molar-refractivity contribution in [1.29, 1.82) is 5.26 Å². The second-order valence-corrected chi connectivity index (χ2v) is 4.05. The highest BCUT2D eigenvalue weighted by Crippen LogP contribution is 2.15. The molecule has 0 aromatic heterocycles. The average molecular weight is 297 g/mol. The van der Waals surface area contributed by atoms with Crippen LogP contribution in [0.2, 0.25) is 0 Å². The van der Waals surface area contributed by atoms with Gasteiger partial charge in [-0.1, -0.05) is 0 Å². The largest absolute Gasteiger partial charge is 0.294 e. The molecule has 2 aromatic rings. The first-order chi connectivity index (χ1) is 10.0. The lowest BCUT2D eigenvalue weighted by Crippen LogP contribution is -1.93. The third kappa shape index (κ3) is 4.80. The molecule has 0 atom stereocenters. The molecule has 0 spiro atoms. The van der Waals surface area contributed by atoms with Gasteiger partial charge >= 0.3 is 0 Å². The Kier molecular flexibility index (Phi) is 6.21. The Labute approximate surface area is 119 Å². The standard InChI is InChI=1S/C8H7F3.C7H4FNO/c1-5-2-7(10)6(4-9)8(11)3-5;8-10-7-3-1-6(5-9)2-4-7/h2-3H,4H2,1H3;1-4H. The highest BCUT2D eigenvalue weighted by Gasteiger charge is 2.08. The zero-order chi connectivity index (χ0) is 15.8. The Morgan fingerprint density at radius 2 is 1.62 bits per heavy atom. The van der Waals surface area contributed by atoms with Crippen molar-refractivity contribution in [3.8, 4) is 11.8 Å². The Hall–Kier alpha value is -2.55. The molecule has 2 rings (SSSR count). The maximum Gasteiger partial charge on any atom is 0.171 e. The lowest BCUT2D eigenvalue weighted by atomic mass is 10.1. The monoisotopic (exact) mass is 297 g/mol. The van der Waals surface area contributed by atoms with Gasteiger partial charge in [-0.05, 0) is 48.9 Å². The molecule has 0 aliphatic heterocycles.